The van der Waals surface area contributed by atoms with Crippen LogP contribution in [0.5, 0.6) is 0 Å². The zero-order chi connectivity index (χ0) is 23.3. The molecule has 7 nitrogen and oxygen atoms in total. The molecule has 3 N–H and O–H groups in total. The van der Waals surface area contributed by atoms with Crippen molar-refractivity contribution < 1.29 is 0 Å². The van der Waals surface area contributed by atoms with E-state index in [2.05, 4.69) is 97.0 Å². The van der Waals surface area contributed by atoms with Crippen LogP contribution in [0, 0.1) is 13.8 Å². The molecule has 170 valence electrons. The molecular formula is C26H31N7. The van der Waals surface area contributed by atoms with Crippen molar-refractivity contribution in [3.63, 3.8) is 0 Å². The molecule has 1 aliphatic heterocycles. The number of hydrogen-bond donors (Lipinski definition) is 3. The molecule has 3 heterocycles. The summed E-state index contributed by atoms with van der Waals surface area (Å²) in [6.45, 7) is 10.9. The fourth-order valence-electron chi connectivity index (χ4n) is 4.88. The summed E-state index contributed by atoms with van der Waals surface area (Å²) < 4.78 is 1.79. The standard InChI is InChI=1S/C26H31N7/c1-15-8-7-9-16(2)22(15)29-23-21-14-27-25(30-24(21)33(6)32-23)28-19-11-10-18-13-26(4,5)31-17(3)20(18)12-19/h7-12,14,17,31H,13H2,1-6H3,(H,29,32)(H,27,28,30). The number of aryl methyl sites for hydroxylation is 3. The Bertz CT molecular complexity index is 1330. The van der Waals surface area contributed by atoms with Crippen molar-refractivity contribution in [3.8, 4) is 0 Å². The molecule has 0 bridgehead atoms. The average Bonchev–Trinajstić information content (AvgIpc) is 3.05. The number of hydrogen-bond acceptors (Lipinski definition) is 6. The van der Waals surface area contributed by atoms with Gasteiger partial charge in [0.2, 0.25) is 5.95 Å². The summed E-state index contributed by atoms with van der Waals surface area (Å²) in [7, 11) is 1.91. The highest BCUT2D eigenvalue weighted by Crippen LogP contribution is 2.33. The van der Waals surface area contributed by atoms with Gasteiger partial charge in [-0.3, -0.25) is 0 Å². The Morgan fingerprint density at radius 2 is 1.85 bits per heavy atom. The van der Waals surface area contributed by atoms with Crippen LogP contribution in [0.15, 0.2) is 42.6 Å². The molecule has 33 heavy (non-hydrogen) atoms. The van der Waals surface area contributed by atoms with Gasteiger partial charge >= 0.3 is 0 Å². The first-order valence-corrected chi connectivity index (χ1v) is 11.4. The minimum atomic E-state index is 0.109. The predicted molar refractivity (Wildman–Crippen MR) is 135 cm³/mol. The first-order chi connectivity index (χ1) is 15.7. The normalized spacial score (nSPS) is 17.1. The number of anilines is 4. The highest BCUT2D eigenvalue weighted by atomic mass is 15.3. The Hall–Kier alpha value is -3.45. The molecule has 0 amide bonds. The lowest BCUT2D eigenvalue weighted by atomic mass is 9.84. The van der Waals surface area contributed by atoms with Crippen molar-refractivity contribution in [2.75, 3.05) is 10.6 Å². The first-order valence-electron chi connectivity index (χ1n) is 11.4. The van der Waals surface area contributed by atoms with Crippen LogP contribution in [0.4, 0.5) is 23.1 Å². The second-order valence-corrected chi connectivity index (χ2v) is 9.76. The topological polar surface area (TPSA) is 79.7 Å². The van der Waals surface area contributed by atoms with Crippen molar-refractivity contribution in [2.24, 2.45) is 7.05 Å². The van der Waals surface area contributed by atoms with Gasteiger partial charge in [-0.25, -0.2) is 9.67 Å². The van der Waals surface area contributed by atoms with Gasteiger partial charge in [-0.05, 0) is 75.4 Å². The van der Waals surface area contributed by atoms with Gasteiger partial charge in [0.1, 0.15) is 0 Å². The maximum atomic E-state index is 4.75. The minimum absolute atomic E-state index is 0.109. The van der Waals surface area contributed by atoms with E-state index in [0.29, 0.717) is 12.0 Å². The van der Waals surface area contributed by atoms with Gasteiger partial charge < -0.3 is 16.0 Å². The summed E-state index contributed by atoms with van der Waals surface area (Å²) in [6, 6.07) is 13.1. The first kappa shape index (κ1) is 21.4. The molecule has 5 rings (SSSR count). The molecule has 1 aliphatic rings. The Labute approximate surface area is 194 Å². The van der Waals surface area contributed by atoms with E-state index in [0.717, 1.165) is 34.6 Å². The molecule has 0 aliphatic carbocycles. The third-order valence-electron chi connectivity index (χ3n) is 6.41. The second kappa shape index (κ2) is 7.85. The van der Waals surface area contributed by atoms with Crippen LogP contribution < -0.4 is 16.0 Å². The maximum Gasteiger partial charge on any atom is 0.229 e. The van der Waals surface area contributed by atoms with Crippen LogP contribution in [0.2, 0.25) is 0 Å². The molecule has 1 atom stereocenters. The number of aromatic nitrogens is 4. The molecule has 0 spiro atoms. The monoisotopic (exact) mass is 441 g/mol. The summed E-state index contributed by atoms with van der Waals surface area (Å²) in [5.41, 5.74) is 7.99. The zero-order valence-electron chi connectivity index (χ0n) is 20.1. The van der Waals surface area contributed by atoms with Crippen molar-refractivity contribution in [3.05, 3.63) is 64.8 Å². The van der Waals surface area contributed by atoms with Crippen LogP contribution >= 0.6 is 0 Å². The quantitative estimate of drug-likeness (QED) is 0.391. The third-order valence-corrected chi connectivity index (χ3v) is 6.41. The molecule has 0 fully saturated rings. The highest BCUT2D eigenvalue weighted by molar-refractivity contribution is 5.90. The lowest BCUT2D eigenvalue weighted by molar-refractivity contribution is 0.322. The van der Waals surface area contributed by atoms with Crippen molar-refractivity contribution in [2.45, 2.75) is 52.6 Å². The Balaban J connectivity index is 1.43. The van der Waals surface area contributed by atoms with Gasteiger partial charge in [0.15, 0.2) is 11.5 Å². The summed E-state index contributed by atoms with van der Waals surface area (Å²) in [6.07, 6.45) is 2.85. The molecule has 4 aromatic rings. The molecule has 2 aromatic carbocycles. The maximum absolute atomic E-state index is 4.75. The Morgan fingerprint density at radius 3 is 2.61 bits per heavy atom. The average molecular weight is 442 g/mol. The number of benzene rings is 2. The summed E-state index contributed by atoms with van der Waals surface area (Å²) in [5.74, 6) is 1.31. The largest absolute Gasteiger partial charge is 0.338 e. The summed E-state index contributed by atoms with van der Waals surface area (Å²) in [5, 5.41) is 16.1. The number of fused-ring (bicyclic) bond motifs is 2. The van der Waals surface area contributed by atoms with E-state index in [9.17, 15) is 0 Å². The van der Waals surface area contributed by atoms with Crippen molar-refractivity contribution in [1.29, 1.82) is 0 Å². The van der Waals surface area contributed by atoms with Crippen LogP contribution in [0.1, 0.15) is 49.1 Å². The smallest absolute Gasteiger partial charge is 0.229 e. The fraction of sp³-hybridized carbons (Fsp3) is 0.346. The van der Waals surface area contributed by atoms with Crippen LogP contribution in [0.25, 0.3) is 11.0 Å². The summed E-state index contributed by atoms with van der Waals surface area (Å²) >= 11 is 0. The number of rotatable bonds is 4. The highest BCUT2D eigenvalue weighted by Gasteiger charge is 2.29. The van der Waals surface area contributed by atoms with Gasteiger partial charge in [0.25, 0.3) is 0 Å². The Kier molecular flexibility index (Phi) is 5.09. The summed E-state index contributed by atoms with van der Waals surface area (Å²) in [4.78, 5) is 9.34. The van der Waals surface area contributed by atoms with E-state index < -0.39 is 0 Å². The second-order valence-electron chi connectivity index (χ2n) is 9.76. The number of para-hydroxylation sites is 1. The van der Waals surface area contributed by atoms with Crippen molar-refractivity contribution >= 4 is 34.2 Å². The van der Waals surface area contributed by atoms with Crippen LogP contribution in [-0.4, -0.2) is 25.3 Å². The molecular weight excluding hydrogens is 410 g/mol. The van der Waals surface area contributed by atoms with E-state index in [4.69, 9.17) is 4.98 Å². The van der Waals surface area contributed by atoms with E-state index in [1.807, 2.05) is 13.2 Å². The fourth-order valence-corrected chi connectivity index (χ4v) is 4.88. The molecule has 0 saturated carbocycles. The third kappa shape index (κ3) is 4.04. The van der Waals surface area contributed by atoms with E-state index in [-0.39, 0.29) is 5.54 Å². The molecule has 0 saturated heterocycles. The number of nitrogens with zero attached hydrogens (tertiary/aromatic N) is 4. The van der Waals surface area contributed by atoms with E-state index >= 15 is 0 Å². The van der Waals surface area contributed by atoms with Gasteiger partial charge in [-0.2, -0.15) is 10.1 Å². The van der Waals surface area contributed by atoms with Crippen LogP contribution in [0.3, 0.4) is 0 Å². The molecule has 1 unspecified atom stereocenters. The predicted octanol–water partition coefficient (Wildman–Crippen LogP) is 5.45. The Morgan fingerprint density at radius 1 is 1.09 bits per heavy atom. The zero-order valence-corrected chi connectivity index (χ0v) is 20.1. The van der Waals surface area contributed by atoms with Gasteiger partial charge in [0.05, 0.1) is 5.39 Å². The van der Waals surface area contributed by atoms with E-state index in [1.165, 1.54) is 22.3 Å². The minimum Gasteiger partial charge on any atom is -0.338 e. The molecule has 2 aromatic heterocycles. The van der Waals surface area contributed by atoms with Gasteiger partial charge in [-0.15, -0.1) is 0 Å². The number of nitrogens with one attached hydrogen (secondary N) is 3. The lowest BCUT2D eigenvalue weighted by Gasteiger charge is -2.37. The van der Waals surface area contributed by atoms with E-state index in [1.54, 1.807) is 4.68 Å². The van der Waals surface area contributed by atoms with Gasteiger partial charge in [-0.1, -0.05) is 24.3 Å². The SMILES string of the molecule is Cc1cccc(C)c1Nc1nn(C)c2nc(Nc3ccc4c(c3)C(C)NC(C)(C)C4)ncc12. The molecule has 0 radical (unpaired) electrons. The lowest BCUT2D eigenvalue weighted by Crippen LogP contribution is -2.46. The van der Waals surface area contributed by atoms with Crippen molar-refractivity contribution in [1.82, 2.24) is 25.1 Å². The van der Waals surface area contributed by atoms with Crippen LogP contribution in [-0.2, 0) is 13.5 Å². The molecule has 7 heteroatoms. The van der Waals surface area contributed by atoms with Gasteiger partial charge in [0, 0.05) is 36.2 Å².